The van der Waals surface area contributed by atoms with Crippen LogP contribution in [-0.4, -0.2) is 17.0 Å². The van der Waals surface area contributed by atoms with Crippen molar-refractivity contribution >= 4 is 11.5 Å². The van der Waals surface area contributed by atoms with Gasteiger partial charge in [-0.2, -0.15) is 8.78 Å². The van der Waals surface area contributed by atoms with Gasteiger partial charge in [0.2, 0.25) is 0 Å². The first-order chi connectivity index (χ1) is 7.53. The summed E-state index contributed by atoms with van der Waals surface area (Å²) >= 11 is 0. The monoisotopic (exact) mass is 224 g/mol. The molecular formula is C12H10F2O2. The molecule has 1 aromatic carbocycles. The molecule has 0 spiro atoms. The van der Waals surface area contributed by atoms with Gasteiger partial charge in [-0.25, -0.2) is 4.79 Å². The summed E-state index contributed by atoms with van der Waals surface area (Å²) in [6.07, 6.45) is 2.45. The van der Waals surface area contributed by atoms with Crippen LogP contribution in [0.25, 0.3) is 5.57 Å². The zero-order valence-corrected chi connectivity index (χ0v) is 8.41. The lowest BCUT2D eigenvalue weighted by molar-refractivity contribution is -0.156. The van der Waals surface area contributed by atoms with Gasteiger partial charge in [-0.1, -0.05) is 30.3 Å². The van der Waals surface area contributed by atoms with Gasteiger partial charge in [0.1, 0.15) is 0 Å². The number of alkyl halides is 2. The lowest BCUT2D eigenvalue weighted by atomic mass is 9.87. The van der Waals surface area contributed by atoms with Gasteiger partial charge in [0.25, 0.3) is 0 Å². The van der Waals surface area contributed by atoms with E-state index in [1.807, 2.05) is 0 Å². The largest absolute Gasteiger partial charge is 0.477 e. The van der Waals surface area contributed by atoms with Crippen molar-refractivity contribution in [1.29, 1.82) is 0 Å². The molecule has 0 aliphatic heterocycles. The first kappa shape index (κ1) is 10.8. The van der Waals surface area contributed by atoms with Crippen molar-refractivity contribution in [3.8, 4) is 0 Å². The van der Waals surface area contributed by atoms with Crippen LogP contribution in [0.4, 0.5) is 8.78 Å². The van der Waals surface area contributed by atoms with E-state index in [2.05, 4.69) is 0 Å². The number of benzene rings is 1. The second-order valence-corrected chi connectivity index (χ2v) is 3.69. The Morgan fingerprint density at radius 1 is 1.31 bits per heavy atom. The van der Waals surface area contributed by atoms with Crippen LogP contribution in [0.1, 0.15) is 17.5 Å². The lowest BCUT2D eigenvalue weighted by Crippen LogP contribution is -2.31. The van der Waals surface area contributed by atoms with Crippen LogP contribution in [0.3, 0.4) is 0 Å². The molecule has 0 bridgehead atoms. The molecule has 0 fully saturated rings. The Bertz CT molecular complexity index is 464. The molecule has 1 aliphatic carbocycles. The molecule has 2 rings (SSSR count). The van der Waals surface area contributed by atoms with Crippen molar-refractivity contribution in [3.05, 3.63) is 41.5 Å². The minimum absolute atomic E-state index is 0.348. The fourth-order valence-corrected chi connectivity index (χ4v) is 1.90. The van der Waals surface area contributed by atoms with Crippen LogP contribution in [0.5, 0.6) is 0 Å². The molecule has 0 saturated heterocycles. The van der Waals surface area contributed by atoms with Crippen LogP contribution < -0.4 is 0 Å². The third-order valence-corrected chi connectivity index (χ3v) is 2.68. The van der Waals surface area contributed by atoms with Gasteiger partial charge in [0.15, 0.2) is 0 Å². The number of carbonyl (C=O) groups is 1. The Labute approximate surface area is 91.2 Å². The van der Waals surface area contributed by atoms with Crippen LogP contribution in [0.15, 0.2) is 30.3 Å². The smallest absolute Gasteiger partial charge is 0.379 e. The molecule has 2 nitrogen and oxygen atoms in total. The maximum atomic E-state index is 13.4. The zero-order chi connectivity index (χ0) is 11.8. The number of rotatable bonds is 2. The molecular weight excluding hydrogens is 214 g/mol. The van der Waals surface area contributed by atoms with E-state index < -0.39 is 11.9 Å². The van der Waals surface area contributed by atoms with Crippen LogP contribution >= 0.6 is 0 Å². The third kappa shape index (κ3) is 1.60. The fourth-order valence-electron chi connectivity index (χ4n) is 1.90. The number of carboxylic acid groups (broad SMARTS) is 1. The minimum atomic E-state index is -3.81. The number of aliphatic carboxylic acids is 1. The second kappa shape index (κ2) is 3.70. The maximum absolute atomic E-state index is 13.4. The standard InChI is InChI=1S/C12H10F2O2/c13-12(14,11(15)16)10-7-3-5-8-4-1-2-6-9(8)10/h1-2,4,6-7H,3,5H2,(H,15,16). The summed E-state index contributed by atoms with van der Waals surface area (Å²) in [5, 5.41) is 8.53. The Balaban J connectivity index is 2.52. The van der Waals surface area contributed by atoms with Gasteiger partial charge < -0.3 is 5.11 Å². The van der Waals surface area contributed by atoms with E-state index in [1.54, 1.807) is 18.2 Å². The molecule has 0 radical (unpaired) electrons. The van der Waals surface area contributed by atoms with E-state index in [0.717, 1.165) is 5.56 Å². The summed E-state index contributed by atoms with van der Waals surface area (Å²) in [5.41, 5.74) is 0.740. The van der Waals surface area contributed by atoms with E-state index in [9.17, 15) is 13.6 Å². The number of halogens is 2. The normalized spacial score (nSPS) is 15.2. The van der Waals surface area contributed by atoms with E-state index in [0.29, 0.717) is 18.4 Å². The van der Waals surface area contributed by atoms with Gasteiger partial charge >= 0.3 is 11.9 Å². The highest BCUT2D eigenvalue weighted by Crippen LogP contribution is 2.37. The molecule has 1 aromatic rings. The number of hydrogen-bond acceptors (Lipinski definition) is 1. The van der Waals surface area contributed by atoms with Crippen molar-refractivity contribution in [2.45, 2.75) is 18.8 Å². The Kier molecular flexibility index (Phi) is 2.50. The minimum Gasteiger partial charge on any atom is -0.477 e. The molecule has 0 atom stereocenters. The predicted molar refractivity (Wildman–Crippen MR) is 55.3 cm³/mol. The number of allylic oxidation sites excluding steroid dienone is 1. The van der Waals surface area contributed by atoms with Gasteiger partial charge in [-0.15, -0.1) is 0 Å². The van der Waals surface area contributed by atoms with E-state index >= 15 is 0 Å². The SMILES string of the molecule is O=C(O)C(F)(F)C1=CCCc2ccccc21. The molecule has 0 saturated carbocycles. The van der Waals surface area contributed by atoms with Crippen molar-refractivity contribution in [2.75, 3.05) is 0 Å². The molecule has 1 N–H and O–H groups in total. The summed E-state index contributed by atoms with van der Waals surface area (Å²) in [7, 11) is 0. The van der Waals surface area contributed by atoms with Crippen molar-refractivity contribution < 1.29 is 18.7 Å². The summed E-state index contributed by atoms with van der Waals surface area (Å²) in [6, 6.07) is 6.69. The van der Waals surface area contributed by atoms with Crippen molar-refractivity contribution in [1.82, 2.24) is 0 Å². The van der Waals surface area contributed by atoms with Gasteiger partial charge in [0, 0.05) is 5.57 Å². The van der Waals surface area contributed by atoms with Crippen molar-refractivity contribution in [2.24, 2.45) is 0 Å². The summed E-state index contributed by atoms with van der Waals surface area (Å²) < 4.78 is 26.9. The average Bonchev–Trinajstić information content (AvgIpc) is 2.28. The summed E-state index contributed by atoms with van der Waals surface area (Å²) in [6.45, 7) is 0. The summed E-state index contributed by atoms with van der Waals surface area (Å²) in [4.78, 5) is 10.5. The lowest BCUT2D eigenvalue weighted by Gasteiger charge is -2.22. The fraction of sp³-hybridized carbons (Fsp3) is 0.250. The first-order valence-corrected chi connectivity index (χ1v) is 4.93. The highest BCUT2D eigenvalue weighted by atomic mass is 19.3. The van der Waals surface area contributed by atoms with Crippen LogP contribution in [-0.2, 0) is 11.2 Å². The highest BCUT2D eigenvalue weighted by molar-refractivity contribution is 5.94. The molecule has 0 amide bonds. The molecule has 4 heteroatoms. The molecule has 1 aliphatic rings. The van der Waals surface area contributed by atoms with Gasteiger partial charge in [0.05, 0.1) is 0 Å². The molecule has 0 heterocycles. The quantitative estimate of drug-likeness (QED) is 0.838. The second-order valence-electron chi connectivity index (χ2n) is 3.69. The van der Waals surface area contributed by atoms with Gasteiger partial charge in [-0.3, -0.25) is 0 Å². The topological polar surface area (TPSA) is 37.3 Å². The average molecular weight is 224 g/mol. The molecule has 16 heavy (non-hydrogen) atoms. The summed E-state index contributed by atoms with van der Waals surface area (Å²) in [5.74, 6) is -5.91. The maximum Gasteiger partial charge on any atom is 0.379 e. The first-order valence-electron chi connectivity index (χ1n) is 4.93. The van der Waals surface area contributed by atoms with Gasteiger partial charge in [-0.05, 0) is 24.0 Å². The Morgan fingerprint density at radius 2 is 2.00 bits per heavy atom. The molecule has 0 unspecified atom stereocenters. The molecule has 0 aromatic heterocycles. The Hall–Kier alpha value is -1.71. The number of fused-ring (bicyclic) bond motifs is 1. The van der Waals surface area contributed by atoms with Crippen LogP contribution in [0, 0.1) is 0 Å². The zero-order valence-electron chi connectivity index (χ0n) is 8.41. The van der Waals surface area contributed by atoms with E-state index in [4.69, 9.17) is 5.11 Å². The number of carboxylic acids is 1. The Morgan fingerprint density at radius 3 is 2.69 bits per heavy atom. The van der Waals surface area contributed by atoms with Crippen molar-refractivity contribution in [3.63, 3.8) is 0 Å². The molecule has 84 valence electrons. The van der Waals surface area contributed by atoms with Crippen LogP contribution in [0.2, 0.25) is 0 Å². The number of hydrogen-bond donors (Lipinski definition) is 1. The number of aryl methyl sites for hydroxylation is 1. The highest BCUT2D eigenvalue weighted by Gasteiger charge is 2.44. The third-order valence-electron chi connectivity index (χ3n) is 2.68. The predicted octanol–water partition coefficient (Wildman–Crippen LogP) is 2.74. The van der Waals surface area contributed by atoms with E-state index in [1.165, 1.54) is 12.1 Å². The van der Waals surface area contributed by atoms with E-state index in [-0.39, 0.29) is 5.57 Å².